The lowest BCUT2D eigenvalue weighted by Crippen LogP contribution is -2.52. The van der Waals surface area contributed by atoms with Gasteiger partial charge in [0.15, 0.2) is 11.5 Å². The minimum atomic E-state index is -0.0777. The summed E-state index contributed by atoms with van der Waals surface area (Å²) >= 11 is 0. The number of benzene rings is 1. The Morgan fingerprint density at radius 3 is 2.33 bits per heavy atom. The molecule has 8 heteroatoms. The molecule has 2 aliphatic heterocycles. The van der Waals surface area contributed by atoms with E-state index in [9.17, 15) is 4.79 Å². The maximum Gasteiger partial charge on any atom is 0.247 e. The zero-order chi connectivity index (χ0) is 22.8. The number of allylic oxidation sites excluding steroid dienone is 2. The number of fused-ring (bicyclic) bond motifs is 1. The van der Waals surface area contributed by atoms with Gasteiger partial charge in [0.1, 0.15) is 0 Å². The van der Waals surface area contributed by atoms with Gasteiger partial charge in [-0.15, -0.1) is 0 Å². The summed E-state index contributed by atoms with van der Waals surface area (Å²) in [6.45, 7) is 1.60. The summed E-state index contributed by atoms with van der Waals surface area (Å²) in [6, 6.07) is 7.78. The monoisotopic (exact) mass is 447 g/mol. The number of carbonyl (C=O) groups excluding carboxylic acids is 1. The van der Waals surface area contributed by atoms with E-state index < -0.39 is 0 Å². The van der Waals surface area contributed by atoms with Crippen LogP contribution in [0.25, 0.3) is 0 Å². The third kappa shape index (κ3) is 4.05. The third-order valence-electron chi connectivity index (χ3n) is 6.87. The molecule has 0 unspecified atom stereocenters. The average Bonchev–Trinajstić information content (AvgIpc) is 2.89. The van der Waals surface area contributed by atoms with Crippen LogP contribution >= 0.6 is 0 Å². The van der Waals surface area contributed by atoms with Gasteiger partial charge in [-0.05, 0) is 49.9 Å². The average molecular weight is 448 g/mol. The highest BCUT2D eigenvalue weighted by Gasteiger charge is 2.43. The number of hydrogen-bond donors (Lipinski definition) is 0. The first-order chi connectivity index (χ1) is 16.2. The molecule has 1 amide bonds. The van der Waals surface area contributed by atoms with Crippen molar-refractivity contribution in [2.45, 2.75) is 31.7 Å². The lowest BCUT2D eigenvalue weighted by atomic mass is 9.76. The first-order valence-electron chi connectivity index (χ1n) is 11.5. The predicted molar refractivity (Wildman–Crippen MR) is 126 cm³/mol. The number of carbonyl (C=O) groups is 1. The number of ether oxygens (including phenoxy) is 2. The van der Waals surface area contributed by atoms with E-state index in [4.69, 9.17) is 14.6 Å². The lowest BCUT2D eigenvalue weighted by molar-refractivity contribution is -0.140. The molecule has 172 valence electrons. The van der Waals surface area contributed by atoms with E-state index >= 15 is 0 Å². The fraction of sp³-hybridized carbons (Fsp3) is 0.440. The van der Waals surface area contributed by atoms with Crippen molar-refractivity contribution in [3.63, 3.8) is 0 Å². The van der Waals surface area contributed by atoms with Crippen LogP contribution in [-0.4, -0.2) is 59.9 Å². The standard InChI is InChI=1S/C25H29N5O3/c1-32-21-9-8-17(16-22(21)33-2)23-19-6-3-4-7-20(19)24(31)30(28-23)18-10-14-29(15-11-18)25-26-12-5-13-27-25/h3-5,8-9,12-13,16,18-20H,6-7,10-11,14-15H2,1-2H3/t19-,20+/m0/s1. The zero-order valence-corrected chi connectivity index (χ0v) is 19.1. The fourth-order valence-corrected chi connectivity index (χ4v) is 5.09. The molecule has 0 bridgehead atoms. The van der Waals surface area contributed by atoms with E-state index in [-0.39, 0.29) is 23.8 Å². The zero-order valence-electron chi connectivity index (χ0n) is 19.1. The summed E-state index contributed by atoms with van der Waals surface area (Å²) in [5.41, 5.74) is 1.93. The largest absolute Gasteiger partial charge is 0.493 e. The van der Waals surface area contributed by atoms with Crippen molar-refractivity contribution in [1.82, 2.24) is 15.0 Å². The molecule has 1 aliphatic carbocycles. The van der Waals surface area contributed by atoms with E-state index in [0.717, 1.165) is 56.0 Å². The normalized spacial score (nSPS) is 23.2. The van der Waals surface area contributed by atoms with Gasteiger partial charge in [-0.2, -0.15) is 5.10 Å². The minimum Gasteiger partial charge on any atom is -0.493 e. The summed E-state index contributed by atoms with van der Waals surface area (Å²) < 4.78 is 10.9. The van der Waals surface area contributed by atoms with Gasteiger partial charge in [0.25, 0.3) is 0 Å². The van der Waals surface area contributed by atoms with Crippen LogP contribution in [0.2, 0.25) is 0 Å². The summed E-state index contributed by atoms with van der Waals surface area (Å²) in [4.78, 5) is 24.4. The van der Waals surface area contributed by atoms with Gasteiger partial charge >= 0.3 is 0 Å². The van der Waals surface area contributed by atoms with Crippen molar-refractivity contribution < 1.29 is 14.3 Å². The molecule has 0 spiro atoms. The number of methoxy groups -OCH3 is 2. The summed E-state index contributed by atoms with van der Waals surface area (Å²) in [7, 11) is 3.27. The highest BCUT2D eigenvalue weighted by Crippen LogP contribution is 2.38. The van der Waals surface area contributed by atoms with Crippen molar-refractivity contribution >= 4 is 17.6 Å². The molecular formula is C25H29N5O3. The Kier molecular flexibility index (Phi) is 5.98. The Hall–Kier alpha value is -3.42. The van der Waals surface area contributed by atoms with Crippen LogP contribution in [0.4, 0.5) is 5.95 Å². The molecular weight excluding hydrogens is 418 g/mol. The lowest BCUT2D eigenvalue weighted by Gasteiger charge is -2.42. The van der Waals surface area contributed by atoms with E-state index in [1.807, 2.05) is 24.3 Å². The molecule has 0 N–H and O–H groups in total. The molecule has 8 nitrogen and oxygen atoms in total. The summed E-state index contributed by atoms with van der Waals surface area (Å²) in [6.07, 6.45) is 11.1. The van der Waals surface area contributed by atoms with Crippen LogP contribution < -0.4 is 14.4 Å². The second-order valence-electron chi connectivity index (χ2n) is 8.66. The summed E-state index contributed by atoms with van der Waals surface area (Å²) in [5, 5.41) is 6.76. The van der Waals surface area contributed by atoms with Crippen molar-refractivity contribution in [2.75, 3.05) is 32.2 Å². The Morgan fingerprint density at radius 2 is 1.64 bits per heavy atom. The molecule has 0 saturated carbocycles. The van der Waals surface area contributed by atoms with E-state index in [0.29, 0.717) is 11.5 Å². The molecule has 3 aliphatic rings. The quantitative estimate of drug-likeness (QED) is 0.655. The molecule has 0 radical (unpaired) electrons. The molecule has 1 fully saturated rings. The SMILES string of the molecule is COc1ccc(C2=NN(C3CCN(c4ncccn4)CC3)C(=O)[C@@H]3CC=CC[C@H]23)cc1OC. The van der Waals surface area contributed by atoms with Gasteiger partial charge in [0, 0.05) is 37.0 Å². The third-order valence-corrected chi connectivity index (χ3v) is 6.87. The number of aromatic nitrogens is 2. The first kappa shape index (κ1) is 21.4. The van der Waals surface area contributed by atoms with Gasteiger partial charge in [-0.3, -0.25) is 4.79 Å². The van der Waals surface area contributed by atoms with Crippen molar-refractivity contribution in [3.05, 3.63) is 54.4 Å². The maximum atomic E-state index is 13.5. The number of rotatable bonds is 5. The van der Waals surface area contributed by atoms with E-state index in [1.165, 1.54) is 0 Å². The van der Waals surface area contributed by atoms with Gasteiger partial charge in [0.05, 0.1) is 31.9 Å². The Bertz CT molecular complexity index is 1060. The van der Waals surface area contributed by atoms with Crippen molar-refractivity contribution in [3.8, 4) is 11.5 Å². The molecule has 3 heterocycles. The van der Waals surface area contributed by atoms with E-state index in [1.54, 1.807) is 31.6 Å². The molecule has 33 heavy (non-hydrogen) atoms. The van der Waals surface area contributed by atoms with Gasteiger partial charge < -0.3 is 14.4 Å². The molecule has 1 aromatic carbocycles. The smallest absolute Gasteiger partial charge is 0.247 e. The maximum absolute atomic E-state index is 13.5. The highest BCUT2D eigenvalue weighted by atomic mass is 16.5. The van der Waals surface area contributed by atoms with Crippen LogP contribution in [0, 0.1) is 11.8 Å². The predicted octanol–water partition coefficient (Wildman–Crippen LogP) is 3.29. The van der Waals surface area contributed by atoms with Crippen molar-refractivity contribution in [1.29, 1.82) is 0 Å². The second-order valence-corrected chi connectivity index (χ2v) is 8.66. The fourth-order valence-electron chi connectivity index (χ4n) is 5.09. The topological polar surface area (TPSA) is 80.2 Å². The van der Waals surface area contributed by atoms with E-state index in [2.05, 4.69) is 27.0 Å². The number of hydrogen-bond acceptors (Lipinski definition) is 7. The first-order valence-corrected chi connectivity index (χ1v) is 11.5. The van der Waals surface area contributed by atoms with Crippen molar-refractivity contribution in [2.24, 2.45) is 16.9 Å². The number of piperidine rings is 1. The Labute approximate surface area is 193 Å². The molecule has 2 atom stereocenters. The minimum absolute atomic E-state index is 0.0689. The van der Waals surface area contributed by atoms with Gasteiger partial charge in [-0.1, -0.05) is 12.2 Å². The van der Waals surface area contributed by atoms with Crippen LogP contribution in [0.1, 0.15) is 31.2 Å². The number of amides is 1. The van der Waals surface area contributed by atoms with Crippen LogP contribution in [0.3, 0.4) is 0 Å². The van der Waals surface area contributed by atoms with Crippen LogP contribution in [0.15, 0.2) is 53.9 Å². The molecule has 2 aromatic rings. The van der Waals surface area contributed by atoms with Gasteiger partial charge in [-0.25, -0.2) is 15.0 Å². The molecule has 1 aromatic heterocycles. The number of hydrazone groups is 1. The van der Waals surface area contributed by atoms with Crippen LogP contribution in [0.5, 0.6) is 11.5 Å². The van der Waals surface area contributed by atoms with Gasteiger partial charge in [0.2, 0.25) is 11.9 Å². The summed E-state index contributed by atoms with van der Waals surface area (Å²) in [5.74, 6) is 2.23. The van der Waals surface area contributed by atoms with Crippen LogP contribution in [-0.2, 0) is 4.79 Å². The second kappa shape index (κ2) is 9.21. The number of anilines is 1. The number of nitrogens with zero attached hydrogens (tertiary/aromatic N) is 5. The molecule has 5 rings (SSSR count). The highest BCUT2D eigenvalue weighted by molar-refractivity contribution is 6.07. The Balaban J connectivity index is 1.43. The Morgan fingerprint density at radius 1 is 0.939 bits per heavy atom. The molecule has 1 saturated heterocycles.